The molecule has 33 heavy (non-hydrogen) atoms. The lowest BCUT2D eigenvalue weighted by Crippen LogP contribution is -2.71. The first kappa shape index (κ1) is 31.5. The van der Waals surface area contributed by atoms with Gasteiger partial charge < -0.3 is 0 Å². The summed E-state index contributed by atoms with van der Waals surface area (Å²) >= 11 is 0. The van der Waals surface area contributed by atoms with Crippen LogP contribution < -0.4 is 10.9 Å². The number of carbonyl (C=O) groups is 4. The molecule has 8 nitrogen and oxygen atoms in total. The summed E-state index contributed by atoms with van der Waals surface area (Å²) in [6.45, 7) is 12.5. The van der Waals surface area contributed by atoms with Gasteiger partial charge in [-0.2, -0.15) is 5.12 Å². The van der Waals surface area contributed by atoms with E-state index in [4.69, 9.17) is 0 Å². The molecule has 0 saturated heterocycles. The van der Waals surface area contributed by atoms with Gasteiger partial charge in [-0.1, -0.05) is 34.6 Å². The second-order valence-electron chi connectivity index (χ2n) is 8.79. The Balaban J connectivity index is 5.97. The third kappa shape index (κ3) is 11.0. The van der Waals surface area contributed by atoms with E-state index in [2.05, 4.69) is 10.9 Å². The van der Waals surface area contributed by atoms with Crippen LogP contribution in [0.3, 0.4) is 0 Å². The zero-order valence-corrected chi connectivity index (χ0v) is 21.9. The van der Waals surface area contributed by atoms with E-state index in [-0.39, 0.29) is 42.5 Å². The molecule has 192 valence electrons. The predicted molar refractivity (Wildman–Crippen MR) is 132 cm³/mol. The summed E-state index contributed by atoms with van der Waals surface area (Å²) in [5.74, 6) is -0.0987. The number of rotatable bonds is 22. The Bertz CT molecular complexity index is 591. The van der Waals surface area contributed by atoms with Crippen LogP contribution >= 0.6 is 0 Å². The van der Waals surface area contributed by atoms with Crippen LogP contribution in [-0.4, -0.2) is 58.5 Å². The van der Waals surface area contributed by atoms with Crippen molar-refractivity contribution in [3.05, 3.63) is 0 Å². The average molecular weight is 469 g/mol. The van der Waals surface area contributed by atoms with Crippen molar-refractivity contribution >= 4 is 23.1 Å². The second kappa shape index (κ2) is 17.9. The summed E-state index contributed by atoms with van der Waals surface area (Å²) in [6, 6.07) is 0. The normalized spacial score (nSPS) is 11.9. The van der Waals surface area contributed by atoms with E-state index in [1.54, 1.807) is 17.2 Å². The molecule has 0 spiro atoms. The SMILES string of the molecule is CCCNN(N(CC(=O)CCC)NCCCC(=O)CCC)C(C)(C(=O)CCC)C(=O)CCC. The van der Waals surface area contributed by atoms with E-state index in [0.29, 0.717) is 51.6 Å². The fraction of sp³-hybridized carbons (Fsp3) is 0.840. The van der Waals surface area contributed by atoms with Crippen LogP contribution in [0.2, 0.25) is 0 Å². The Morgan fingerprint density at radius 1 is 0.636 bits per heavy atom. The van der Waals surface area contributed by atoms with Crippen LogP contribution in [0.1, 0.15) is 112 Å². The molecule has 8 heteroatoms. The highest BCUT2D eigenvalue weighted by Gasteiger charge is 2.47. The first-order valence-corrected chi connectivity index (χ1v) is 12.9. The Labute approximate surface area is 201 Å². The molecule has 0 aromatic heterocycles. The lowest BCUT2D eigenvalue weighted by Gasteiger charge is -2.45. The number of nitrogens with one attached hydrogen (secondary N) is 2. The monoisotopic (exact) mass is 468 g/mol. The van der Waals surface area contributed by atoms with Crippen LogP contribution in [0, 0.1) is 0 Å². The number of ketones is 4. The van der Waals surface area contributed by atoms with Gasteiger partial charge in [0.15, 0.2) is 17.1 Å². The maximum atomic E-state index is 13.3. The van der Waals surface area contributed by atoms with Crippen molar-refractivity contribution in [2.75, 3.05) is 19.6 Å². The number of carbonyl (C=O) groups excluding carboxylic acids is 4. The molecule has 0 amide bonds. The van der Waals surface area contributed by atoms with E-state index in [9.17, 15) is 19.2 Å². The Morgan fingerprint density at radius 3 is 1.64 bits per heavy atom. The number of Topliss-reactive ketones (excluding diaryl/α,β-unsaturated/α-hetero) is 4. The van der Waals surface area contributed by atoms with Crippen molar-refractivity contribution in [1.29, 1.82) is 0 Å². The number of hydrogen-bond acceptors (Lipinski definition) is 8. The molecule has 0 aliphatic heterocycles. The molecule has 0 rings (SSSR count). The van der Waals surface area contributed by atoms with Crippen molar-refractivity contribution in [3.8, 4) is 0 Å². The molecule has 0 aromatic rings. The second-order valence-corrected chi connectivity index (χ2v) is 8.79. The predicted octanol–water partition coefficient (Wildman–Crippen LogP) is 3.94. The zero-order valence-electron chi connectivity index (χ0n) is 21.9. The fourth-order valence-corrected chi connectivity index (χ4v) is 3.66. The van der Waals surface area contributed by atoms with Crippen LogP contribution in [0.5, 0.6) is 0 Å². The van der Waals surface area contributed by atoms with Crippen molar-refractivity contribution in [3.63, 3.8) is 0 Å². The van der Waals surface area contributed by atoms with E-state index in [0.717, 1.165) is 19.3 Å². The molecule has 0 bridgehead atoms. The van der Waals surface area contributed by atoms with E-state index < -0.39 is 5.54 Å². The van der Waals surface area contributed by atoms with Gasteiger partial charge in [0, 0.05) is 45.2 Å². The minimum absolute atomic E-state index is 0.0172. The van der Waals surface area contributed by atoms with Crippen LogP contribution in [0.25, 0.3) is 0 Å². The molecule has 0 radical (unpaired) electrons. The minimum atomic E-state index is -1.43. The van der Waals surface area contributed by atoms with Crippen LogP contribution in [0.4, 0.5) is 0 Å². The Hall–Kier alpha value is -1.48. The molecule has 0 heterocycles. The van der Waals surface area contributed by atoms with Gasteiger partial charge in [-0.15, -0.1) is 5.12 Å². The third-order valence-corrected chi connectivity index (χ3v) is 5.53. The van der Waals surface area contributed by atoms with Gasteiger partial charge in [-0.25, -0.2) is 10.9 Å². The van der Waals surface area contributed by atoms with E-state index >= 15 is 0 Å². The third-order valence-electron chi connectivity index (χ3n) is 5.53. The molecule has 0 aromatic carbocycles. The summed E-state index contributed by atoms with van der Waals surface area (Å²) in [4.78, 5) is 51.1. The quantitative estimate of drug-likeness (QED) is 0.140. The van der Waals surface area contributed by atoms with Gasteiger partial charge in [0.2, 0.25) is 0 Å². The van der Waals surface area contributed by atoms with Gasteiger partial charge in [0.1, 0.15) is 11.6 Å². The van der Waals surface area contributed by atoms with Crippen molar-refractivity contribution in [2.45, 2.75) is 118 Å². The average Bonchev–Trinajstić information content (AvgIpc) is 2.76. The highest BCUT2D eigenvalue weighted by molar-refractivity contribution is 6.11. The Kier molecular flexibility index (Phi) is 17.1. The molecule has 0 unspecified atom stereocenters. The molecule has 2 N–H and O–H groups in total. The molecular weight excluding hydrogens is 420 g/mol. The van der Waals surface area contributed by atoms with Gasteiger partial charge in [0.25, 0.3) is 0 Å². The topological polar surface area (TPSA) is 98.8 Å². The lowest BCUT2D eigenvalue weighted by atomic mass is 9.86. The van der Waals surface area contributed by atoms with Crippen molar-refractivity contribution < 1.29 is 19.2 Å². The van der Waals surface area contributed by atoms with Crippen LogP contribution in [0.15, 0.2) is 0 Å². The molecule has 0 saturated carbocycles. The minimum Gasteiger partial charge on any atom is -0.300 e. The lowest BCUT2D eigenvalue weighted by molar-refractivity contribution is -0.189. The van der Waals surface area contributed by atoms with E-state index in [1.165, 1.54) is 0 Å². The van der Waals surface area contributed by atoms with Crippen molar-refractivity contribution in [1.82, 2.24) is 21.1 Å². The summed E-state index contributed by atoms with van der Waals surface area (Å²) < 4.78 is 0. The summed E-state index contributed by atoms with van der Waals surface area (Å²) in [7, 11) is 0. The number of hydrogen-bond donors (Lipinski definition) is 2. The molecule has 0 aliphatic rings. The highest BCUT2D eigenvalue weighted by Crippen LogP contribution is 2.23. The highest BCUT2D eigenvalue weighted by atomic mass is 16.2. The van der Waals surface area contributed by atoms with Gasteiger partial charge in [-0.3, -0.25) is 19.2 Å². The smallest absolute Gasteiger partial charge is 0.166 e. The molecular formula is C25H48N4O4. The van der Waals surface area contributed by atoms with Gasteiger partial charge in [0.05, 0.1) is 6.54 Å². The molecule has 0 fully saturated rings. The first-order valence-electron chi connectivity index (χ1n) is 12.9. The number of hydrazine groups is 3. The standard InChI is InChI=1S/C25H48N4O4/c1-7-13-21(30)17-12-19-26-28(20-22(31)14-8-2)29(27-18-11-5)25(6,23(32)15-9-3)24(33)16-10-4/h26-27H,7-20H2,1-6H3. The first-order chi connectivity index (χ1) is 15.7. The van der Waals surface area contributed by atoms with Gasteiger partial charge >= 0.3 is 0 Å². The van der Waals surface area contributed by atoms with Crippen molar-refractivity contribution in [2.24, 2.45) is 0 Å². The van der Waals surface area contributed by atoms with Crippen LogP contribution in [-0.2, 0) is 19.2 Å². The molecule has 0 atom stereocenters. The largest absolute Gasteiger partial charge is 0.300 e. The zero-order chi connectivity index (χ0) is 25.3. The maximum absolute atomic E-state index is 13.3. The summed E-state index contributed by atoms with van der Waals surface area (Å²) in [6.07, 6.45) is 6.22. The van der Waals surface area contributed by atoms with E-state index in [1.807, 2.05) is 34.6 Å². The van der Waals surface area contributed by atoms with Gasteiger partial charge in [-0.05, 0) is 45.4 Å². The fourth-order valence-electron chi connectivity index (χ4n) is 3.66. The summed E-state index contributed by atoms with van der Waals surface area (Å²) in [5.41, 5.74) is 5.04. The Morgan fingerprint density at radius 2 is 1.15 bits per heavy atom. The summed E-state index contributed by atoms with van der Waals surface area (Å²) in [5, 5.41) is 3.16. The molecule has 0 aliphatic carbocycles. The number of nitrogens with zero attached hydrogens (tertiary/aromatic N) is 2. The maximum Gasteiger partial charge on any atom is 0.166 e.